The van der Waals surface area contributed by atoms with Crippen molar-refractivity contribution >= 4 is 28.9 Å². The Morgan fingerprint density at radius 1 is 0.884 bits per heavy atom. The number of carbonyl (C=O) groups excluding carboxylic acids is 2. The van der Waals surface area contributed by atoms with E-state index in [9.17, 15) is 9.59 Å². The summed E-state index contributed by atoms with van der Waals surface area (Å²) in [6.45, 7) is 8.07. The monoisotopic (exact) mass is 592 g/mol. The topological polar surface area (TPSA) is 61.8 Å². The molecule has 0 aromatic heterocycles. The van der Waals surface area contributed by atoms with E-state index in [1.807, 2.05) is 63.2 Å². The number of benzene rings is 4. The van der Waals surface area contributed by atoms with E-state index in [1.165, 1.54) is 20.3 Å². The van der Waals surface area contributed by atoms with Crippen LogP contribution in [0.25, 0.3) is 6.08 Å². The van der Waals surface area contributed by atoms with E-state index in [0.29, 0.717) is 24.2 Å². The number of hydrogen-bond donors (Lipinski definition) is 1. The minimum Gasteiger partial charge on any atom is -0.481 e. The Hall–Kier alpha value is -4.29. The zero-order valence-corrected chi connectivity index (χ0v) is 25.9. The maximum atomic E-state index is 13.2. The van der Waals surface area contributed by atoms with Gasteiger partial charge in [0.25, 0.3) is 0 Å². The van der Waals surface area contributed by atoms with Crippen LogP contribution in [0.4, 0.5) is 0 Å². The summed E-state index contributed by atoms with van der Waals surface area (Å²) in [6.07, 6.45) is 3.57. The Bertz CT molecular complexity index is 1720. The van der Waals surface area contributed by atoms with Crippen molar-refractivity contribution in [2.45, 2.75) is 62.5 Å². The van der Waals surface area contributed by atoms with Crippen LogP contribution >= 0.6 is 10.9 Å². The smallest absolute Gasteiger partial charge is 0.345 e. The van der Waals surface area contributed by atoms with Crippen molar-refractivity contribution in [2.24, 2.45) is 0 Å². The molecule has 0 radical (unpaired) electrons. The molecule has 43 heavy (non-hydrogen) atoms. The quantitative estimate of drug-likeness (QED) is 0.165. The van der Waals surface area contributed by atoms with Crippen molar-refractivity contribution in [1.82, 2.24) is 0 Å². The second kappa shape index (κ2) is 11.8. The van der Waals surface area contributed by atoms with Crippen LogP contribution in [0, 0.1) is 13.8 Å². The molecule has 2 aliphatic rings. The molecular weight excluding hydrogens is 556 g/mol. The van der Waals surface area contributed by atoms with E-state index >= 15 is 0 Å². The second-order valence-electron chi connectivity index (χ2n) is 11.5. The fraction of sp³-hybridized carbons (Fsp3) is 0.243. The summed E-state index contributed by atoms with van der Waals surface area (Å²) >= 11 is 0. The number of esters is 2. The number of fused-ring (bicyclic) bond motifs is 2. The van der Waals surface area contributed by atoms with Crippen molar-refractivity contribution in [1.29, 1.82) is 0 Å². The van der Waals surface area contributed by atoms with Crippen LogP contribution in [0.3, 0.4) is 0 Å². The van der Waals surface area contributed by atoms with Gasteiger partial charge in [0.15, 0.2) is 6.61 Å². The Labute approximate surface area is 255 Å². The van der Waals surface area contributed by atoms with E-state index in [0.717, 1.165) is 27.8 Å². The zero-order valence-electron chi connectivity index (χ0n) is 25.0. The molecule has 0 N–H and O–H groups in total. The Kier molecular flexibility index (Phi) is 7.89. The standard InChI is InChI=1S/C37H36O5S/c1-24-19-30(43-26(3)21-29-13-8-9-16-32(29)43)20-25(2)35(24)40-23-33(38)42-37(4)18-17-28-14-10-15-31(34(28)37)36(39)41-22-27-11-6-5-7-12-27/h5-16,19-21,43H,17-18,22-23H2,1-4H3. The molecule has 1 heterocycles. The van der Waals surface area contributed by atoms with Gasteiger partial charge in [0.05, 0.1) is 5.56 Å². The van der Waals surface area contributed by atoms with Gasteiger partial charge < -0.3 is 14.2 Å². The van der Waals surface area contributed by atoms with Crippen molar-refractivity contribution in [2.75, 3.05) is 6.61 Å². The van der Waals surface area contributed by atoms with Crippen molar-refractivity contribution < 1.29 is 23.8 Å². The average molecular weight is 593 g/mol. The predicted octanol–water partition coefficient (Wildman–Crippen LogP) is 8.24. The maximum absolute atomic E-state index is 13.2. The Morgan fingerprint density at radius 3 is 2.37 bits per heavy atom. The molecule has 4 aromatic carbocycles. The highest BCUT2D eigenvalue weighted by molar-refractivity contribution is 8.20. The highest BCUT2D eigenvalue weighted by Gasteiger charge is 2.41. The summed E-state index contributed by atoms with van der Waals surface area (Å²) in [5.74, 6) is -0.199. The molecule has 2 atom stereocenters. The van der Waals surface area contributed by atoms with Crippen LogP contribution in [0.15, 0.2) is 99.6 Å². The molecule has 6 rings (SSSR count). The van der Waals surface area contributed by atoms with Gasteiger partial charge in [0.1, 0.15) is 18.0 Å². The first kappa shape index (κ1) is 28.8. The van der Waals surface area contributed by atoms with E-state index in [4.69, 9.17) is 14.2 Å². The predicted molar refractivity (Wildman–Crippen MR) is 171 cm³/mol. The van der Waals surface area contributed by atoms with Gasteiger partial charge >= 0.3 is 11.9 Å². The minimum absolute atomic E-state index is 0.176. The summed E-state index contributed by atoms with van der Waals surface area (Å²) in [4.78, 5) is 30.4. The summed E-state index contributed by atoms with van der Waals surface area (Å²) in [6, 6.07) is 28.1. The lowest BCUT2D eigenvalue weighted by Crippen LogP contribution is -2.31. The highest BCUT2D eigenvalue weighted by atomic mass is 32.2. The Balaban J connectivity index is 1.15. The molecule has 1 aliphatic carbocycles. The third-order valence-corrected chi connectivity index (χ3v) is 10.8. The average Bonchev–Trinajstić information content (AvgIpc) is 3.51. The van der Waals surface area contributed by atoms with Gasteiger partial charge in [-0.25, -0.2) is 9.59 Å². The van der Waals surface area contributed by atoms with Crippen molar-refractivity contribution in [3.05, 3.63) is 129 Å². The number of aryl methyl sites for hydroxylation is 3. The molecule has 0 bridgehead atoms. The van der Waals surface area contributed by atoms with Crippen molar-refractivity contribution in [3.63, 3.8) is 0 Å². The number of carbonyl (C=O) groups is 2. The molecular formula is C37H36O5S. The van der Waals surface area contributed by atoms with Gasteiger partial charge in [0.2, 0.25) is 0 Å². The van der Waals surface area contributed by atoms with Gasteiger partial charge in [-0.1, -0.05) is 60.7 Å². The largest absolute Gasteiger partial charge is 0.481 e. The summed E-state index contributed by atoms with van der Waals surface area (Å²) < 4.78 is 17.8. The van der Waals surface area contributed by atoms with Gasteiger partial charge in [-0.05, 0) is 108 Å². The van der Waals surface area contributed by atoms with Gasteiger partial charge in [0, 0.05) is 10.5 Å². The van der Waals surface area contributed by atoms with E-state index < -0.39 is 28.4 Å². The van der Waals surface area contributed by atoms with Gasteiger partial charge in [-0.3, -0.25) is 0 Å². The lowest BCUT2D eigenvalue weighted by molar-refractivity contribution is -0.161. The zero-order chi connectivity index (χ0) is 30.1. The van der Waals surface area contributed by atoms with Crippen LogP contribution in [-0.4, -0.2) is 18.5 Å². The number of rotatable bonds is 8. The van der Waals surface area contributed by atoms with Crippen LogP contribution in [0.1, 0.15) is 64.0 Å². The number of thiol groups is 1. The first-order chi connectivity index (χ1) is 20.7. The van der Waals surface area contributed by atoms with Crippen LogP contribution in [0.5, 0.6) is 5.75 Å². The second-order valence-corrected chi connectivity index (χ2v) is 13.9. The molecule has 0 saturated carbocycles. The summed E-state index contributed by atoms with van der Waals surface area (Å²) in [7, 11) is -0.573. The van der Waals surface area contributed by atoms with Crippen molar-refractivity contribution in [3.8, 4) is 5.75 Å². The lowest BCUT2D eigenvalue weighted by atomic mass is 9.93. The van der Waals surface area contributed by atoms with Gasteiger partial charge in [-0.15, -0.1) is 0 Å². The minimum atomic E-state index is -0.950. The molecule has 2 unspecified atom stereocenters. The first-order valence-corrected chi connectivity index (χ1v) is 15.9. The molecule has 5 nitrogen and oxygen atoms in total. The summed E-state index contributed by atoms with van der Waals surface area (Å²) in [5.41, 5.74) is 5.38. The molecule has 4 aromatic rings. The van der Waals surface area contributed by atoms with Crippen LogP contribution in [-0.2, 0) is 32.9 Å². The van der Waals surface area contributed by atoms with Crippen LogP contribution < -0.4 is 4.74 Å². The fourth-order valence-corrected chi connectivity index (χ4v) is 8.95. The fourth-order valence-electron chi connectivity index (χ4n) is 6.34. The molecule has 1 aliphatic heterocycles. The highest BCUT2D eigenvalue weighted by Crippen LogP contribution is 2.57. The number of ether oxygens (including phenoxy) is 3. The third kappa shape index (κ3) is 5.72. The Morgan fingerprint density at radius 2 is 1.60 bits per heavy atom. The SMILES string of the molecule is CC1=Cc2ccccc2[SH]1c1cc(C)c(OCC(=O)OC2(C)CCc3cccc(C(=O)OCc4ccccc4)c32)c(C)c1. The number of hydrogen-bond acceptors (Lipinski definition) is 5. The first-order valence-electron chi connectivity index (χ1n) is 14.6. The molecule has 220 valence electrons. The lowest BCUT2D eigenvalue weighted by Gasteiger charge is -2.28. The molecule has 0 saturated heterocycles. The normalized spacial score (nSPS) is 19.3. The maximum Gasteiger partial charge on any atom is 0.345 e. The molecule has 6 heteroatoms. The number of allylic oxidation sites excluding steroid dienone is 1. The van der Waals surface area contributed by atoms with E-state index in [2.05, 4.69) is 49.4 Å². The third-order valence-electron chi connectivity index (χ3n) is 8.26. The van der Waals surface area contributed by atoms with E-state index in [-0.39, 0.29) is 13.2 Å². The summed E-state index contributed by atoms with van der Waals surface area (Å²) in [5, 5.41) is 0. The molecule has 0 fully saturated rings. The molecule has 0 spiro atoms. The van der Waals surface area contributed by atoms with Crippen LogP contribution in [0.2, 0.25) is 0 Å². The molecule has 0 amide bonds. The van der Waals surface area contributed by atoms with Gasteiger partial charge in [-0.2, -0.15) is 10.9 Å². The van der Waals surface area contributed by atoms with E-state index in [1.54, 1.807) is 6.07 Å².